The summed E-state index contributed by atoms with van der Waals surface area (Å²) < 4.78 is 21.9. The van der Waals surface area contributed by atoms with Gasteiger partial charge in [-0.1, -0.05) is 0 Å². The summed E-state index contributed by atoms with van der Waals surface area (Å²) in [6.45, 7) is 1.57. The van der Waals surface area contributed by atoms with Crippen LogP contribution in [-0.2, 0) is 13.6 Å². The Morgan fingerprint density at radius 3 is 1.73 bits per heavy atom. The molecule has 0 N–H and O–H groups in total. The van der Waals surface area contributed by atoms with Gasteiger partial charge in [-0.15, -0.1) is 0 Å². The Labute approximate surface area is 66.6 Å². The summed E-state index contributed by atoms with van der Waals surface area (Å²) in [5.74, 6) is 0. The first kappa shape index (κ1) is 7.78. The van der Waals surface area contributed by atoms with Crippen molar-refractivity contribution in [2.45, 2.75) is 37.9 Å². The Bertz CT molecular complexity index is 178. The third kappa shape index (κ3) is 2.58. The zero-order valence-electron chi connectivity index (χ0n) is 6.66. The quantitative estimate of drug-likeness (QED) is 0.616. The third-order valence-electron chi connectivity index (χ3n) is 1.73. The molecule has 64 valence electrons. The van der Waals surface area contributed by atoms with Crippen molar-refractivity contribution in [3.63, 3.8) is 0 Å². The lowest BCUT2D eigenvalue weighted by Gasteiger charge is -2.12. The molecule has 0 amide bonds. The van der Waals surface area contributed by atoms with E-state index in [1.54, 1.807) is 6.66 Å². The normalized spacial score (nSPS) is 25.5. The highest BCUT2D eigenvalue weighted by Crippen LogP contribution is 2.53. The molecule has 0 aromatic rings. The van der Waals surface area contributed by atoms with Crippen molar-refractivity contribution >= 4 is 7.60 Å². The van der Waals surface area contributed by atoms with Gasteiger partial charge >= 0.3 is 7.60 Å². The molecule has 11 heavy (non-hydrogen) atoms. The average Bonchev–Trinajstić information content (AvgIpc) is 2.60. The predicted octanol–water partition coefficient (Wildman–Crippen LogP) is 2.17. The molecule has 0 unspecified atom stereocenters. The SMILES string of the molecule is CP(=O)(OC1CC1)OC1CC1. The van der Waals surface area contributed by atoms with Crippen LogP contribution in [0.3, 0.4) is 0 Å². The van der Waals surface area contributed by atoms with E-state index in [2.05, 4.69) is 0 Å². The molecule has 0 aromatic heterocycles. The molecule has 3 nitrogen and oxygen atoms in total. The van der Waals surface area contributed by atoms with Crippen LogP contribution in [0.5, 0.6) is 0 Å². The second-order valence-corrected chi connectivity index (χ2v) is 5.35. The van der Waals surface area contributed by atoms with Gasteiger partial charge in [-0.2, -0.15) is 0 Å². The van der Waals surface area contributed by atoms with Crippen LogP contribution in [0.2, 0.25) is 0 Å². The molecule has 2 aliphatic carbocycles. The van der Waals surface area contributed by atoms with Crippen molar-refractivity contribution < 1.29 is 13.6 Å². The summed E-state index contributed by atoms with van der Waals surface area (Å²) in [5.41, 5.74) is 0. The summed E-state index contributed by atoms with van der Waals surface area (Å²) in [6, 6.07) is 0. The highest BCUT2D eigenvalue weighted by atomic mass is 31.2. The maximum atomic E-state index is 11.5. The lowest BCUT2D eigenvalue weighted by molar-refractivity contribution is 0.194. The zero-order chi connectivity index (χ0) is 7.90. The lowest BCUT2D eigenvalue weighted by atomic mass is 10.9. The molecule has 2 aliphatic rings. The van der Waals surface area contributed by atoms with Gasteiger partial charge in [-0.3, -0.25) is 4.57 Å². The molecule has 0 spiro atoms. The van der Waals surface area contributed by atoms with Crippen molar-refractivity contribution in [2.75, 3.05) is 6.66 Å². The topological polar surface area (TPSA) is 35.5 Å². The first-order valence-electron chi connectivity index (χ1n) is 4.10. The second kappa shape index (κ2) is 2.58. The van der Waals surface area contributed by atoms with E-state index in [4.69, 9.17) is 9.05 Å². The Morgan fingerprint density at radius 2 is 1.45 bits per heavy atom. The van der Waals surface area contributed by atoms with Gasteiger partial charge in [0, 0.05) is 6.66 Å². The highest BCUT2D eigenvalue weighted by molar-refractivity contribution is 7.53. The van der Waals surface area contributed by atoms with Crippen molar-refractivity contribution in [1.82, 2.24) is 0 Å². The molecule has 0 aromatic carbocycles. The first-order chi connectivity index (χ1) is 5.16. The van der Waals surface area contributed by atoms with E-state index in [-0.39, 0.29) is 12.2 Å². The van der Waals surface area contributed by atoms with Gasteiger partial charge in [0.2, 0.25) is 0 Å². The highest BCUT2D eigenvalue weighted by Gasteiger charge is 2.35. The lowest BCUT2D eigenvalue weighted by Crippen LogP contribution is -1.97. The Balaban J connectivity index is 1.80. The largest absolute Gasteiger partial charge is 0.328 e. The first-order valence-corrected chi connectivity index (χ1v) is 6.09. The maximum absolute atomic E-state index is 11.5. The maximum Gasteiger partial charge on any atom is 0.328 e. The van der Waals surface area contributed by atoms with Crippen LogP contribution in [0.25, 0.3) is 0 Å². The molecule has 2 saturated carbocycles. The molecule has 0 heterocycles. The van der Waals surface area contributed by atoms with Gasteiger partial charge in [0.1, 0.15) is 0 Å². The molecular weight excluding hydrogens is 163 g/mol. The van der Waals surface area contributed by atoms with Crippen molar-refractivity contribution in [3.8, 4) is 0 Å². The van der Waals surface area contributed by atoms with E-state index >= 15 is 0 Å². The van der Waals surface area contributed by atoms with Gasteiger partial charge < -0.3 is 9.05 Å². The molecule has 0 radical (unpaired) electrons. The molecule has 2 fully saturated rings. The summed E-state index contributed by atoms with van der Waals surface area (Å²) in [6.07, 6.45) is 4.64. The van der Waals surface area contributed by atoms with Crippen LogP contribution in [0, 0.1) is 0 Å². The second-order valence-electron chi connectivity index (χ2n) is 3.38. The van der Waals surface area contributed by atoms with E-state index < -0.39 is 7.60 Å². The fourth-order valence-corrected chi connectivity index (χ4v) is 2.47. The standard InChI is InChI=1S/C7H13O3P/c1-11(8,9-6-2-3-6)10-7-4-5-7/h6-7H,2-5H2,1H3. The molecule has 0 saturated heterocycles. The summed E-state index contributed by atoms with van der Waals surface area (Å²) in [5, 5.41) is 0. The van der Waals surface area contributed by atoms with E-state index in [1.807, 2.05) is 0 Å². The number of rotatable bonds is 4. The van der Waals surface area contributed by atoms with Gasteiger partial charge in [-0.25, -0.2) is 0 Å². The van der Waals surface area contributed by atoms with Crippen LogP contribution < -0.4 is 0 Å². The minimum atomic E-state index is -2.68. The van der Waals surface area contributed by atoms with Crippen LogP contribution in [0.4, 0.5) is 0 Å². The van der Waals surface area contributed by atoms with Gasteiger partial charge in [0.05, 0.1) is 12.2 Å². The van der Waals surface area contributed by atoms with E-state index in [0.717, 1.165) is 25.7 Å². The molecular formula is C7H13O3P. The van der Waals surface area contributed by atoms with Crippen molar-refractivity contribution in [1.29, 1.82) is 0 Å². The minimum Gasteiger partial charge on any atom is -0.305 e. The predicted molar refractivity (Wildman–Crippen MR) is 41.7 cm³/mol. The zero-order valence-corrected chi connectivity index (χ0v) is 7.55. The smallest absolute Gasteiger partial charge is 0.305 e. The van der Waals surface area contributed by atoms with Gasteiger partial charge in [-0.05, 0) is 25.7 Å². The van der Waals surface area contributed by atoms with E-state index in [9.17, 15) is 4.57 Å². The van der Waals surface area contributed by atoms with Crippen LogP contribution in [0.15, 0.2) is 0 Å². The fraction of sp³-hybridized carbons (Fsp3) is 1.00. The summed E-state index contributed by atoms with van der Waals surface area (Å²) in [4.78, 5) is 0. The molecule has 0 aliphatic heterocycles. The Morgan fingerprint density at radius 1 is 1.09 bits per heavy atom. The molecule has 0 atom stereocenters. The van der Waals surface area contributed by atoms with Crippen molar-refractivity contribution in [2.24, 2.45) is 0 Å². The van der Waals surface area contributed by atoms with Crippen LogP contribution in [0.1, 0.15) is 25.7 Å². The number of hydrogen-bond acceptors (Lipinski definition) is 3. The third-order valence-corrected chi connectivity index (χ3v) is 3.09. The van der Waals surface area contributed by atoms with Crippen molar-refractivity contribution in [3.05, 3.63) is 0 Å². The fourth-order valence-electron chi connectivity index (χ4n) is 0.913. The summed E-state index contributed by atoms with van der Waals surface area (Å²) >= 11 is 0. The molecule has 4 heteroatoms. The van der Waals surface area contributed by atoms with Crippen LogP contribution >= 0.6 is 7.60 Å². The number of hydrogen-bond donors (Lipinski definition) is 0. The molecule has 0 bridgehead atoms. The van der Waals surface area contributed by atoms with Gasteiger partial charge in [0.25, 0.3) is 0 Å². The van der Waals surface area contributed by atoms with E-state index in [0.29, 0.717) is 0 Å². The Hall–Kier alpha value is 0.150. The minimum absolute atomic E-state index is 0.226. The summed E-state index contributed by atoms with van der Waals surface area (Å²) in [7, 11) is -2.68. The monoisotopic (exact) mass is 176 g/mol. The van der Waals surface area contributed by atoms with E-state index in [1.165, 1.54) is 0 Å². The average molecular weight is 176 g/mol. The van der Waals surface area contributed by atoms with Crippen LogP contribution in [-0.4, -0.2) is 18.9 Å². The van der Waals surface area contributed by atoms with Gasteiger partial charge in [0.15, 0.2) is 0 Å². The Kier molecular flexibility index (Phi) is 1.82. The molecule has 2 rings (SSSR count).